The second-order valence-electron chi connectivity index (χ2n) is 1.31. The molecule has 0 amide bonds. The van der Waals surface area contributed by atoms with Crippen molar-refractivity contribution < 1.29 is 4.74 Å². The summed E-state index contributed by atoms with van der Waals surface area (Å²) in [5, 5.41) is 6.59. The molecule has 4 N–H and O–H groups in total. The molecule has 0 aliphatic carbocycles. The Balaban J connectivity index is 4.45. The van der Waals surface area contributed by atoms with Crippen LogP contribution in [0, 0.1) is 5.41 Å². The van der Waals surface area contributed by atoms with Gasteiger partial charge in [-0.15, -0.1) is 0 Å². The number of hydrogen-bond acceptors (Lipinski definition) is 4. The molecule has 0 saturated carbocycles. The van der Waals surface area contributed by atoms with Gasteiger partial charge in [-0.25, -0.2) is 5.84 Å². The summed E-state index contributed by atoms with van der Waals surface area (Å²) >= 11 is 10.7. The number of nitrogens with two attached hydrogens (primary N) is 1. The molecule has 0 aliphatic rings. The molecule has 0 aromatic carbocycles. The van der Waals surface area contributed by atoms with Crippen molar-refractivity contribution in [2.45, 2.75) is 0 Å². The van der Waals surface area contributed by atoms with E-state index < -0.39 is 0 Å². The number of hydrazine groups is 1. The molecule has 4 nitrogen and oxygen atoms in total. The number of allylic oxidation sites excluding steroid dienone is 1. The van der Waals surface area contributed by atoms with Crippen LogP contribution in [0.4, 0.5) is 0 Å². The van der Waals surface area contributed by atoms with E-state index in [0.29, 0.717) is 0 Å². The van der Waals surface area contributed by atoms with Gasteiger partial charge in [0.2, 0.25) is 0 Å². The van der Waals surface area contributed by atoms with Gasteiger partial charge < -0.3 is 10.2 Å². The second-order valence-corrected chi connectivity index (χ2v) is 2.06. The average molecular weight is 184 g/mol. The van der Waals surface area contributed by atoms with E-state index in [0.717, 1.165) is 0 Å². The van der Waals surface area contributed by atoms with E-state index in [9.17, 15) is 0 Å². The number of halogens is 2. The molecule has 0 aliphatic heterocycles. The Morgan fingerprint density at radius 3 is 2.20 bits per heavy atom. The summed E-state index contributed by atoms with van der Waals surface area (Å²) in [6.45, 7) is 0. The lowest BCUT2D eigenvalue weighted by atomic mass is 10.6. The molecule has 0 unspecified atom stereocenters. The van der Waals surface area contributed by atoms with Gasteiger partial charge in [0, 0.05) is 0 Å². The predicted octanol–water partition coefficient (Wildman–Crippen LogP) is 0.720. The van der Waals surface area contributed by atoms with Crippen LogP contribution >= 0.6 is 23.2 Å². The van der Waals surface area contributed by atoms with E-state index in [1.165, 1.54) is 7.11 Å². The highest BCUT2D eigenvalue weighted by Crippen LogP contribution is 2.09. The molecule has 0 heterocycles. The zero-order valence-corrected chi connectivity index (χ0v) is 6.75. The van der Waals surface area contributed by atoms with Crippen LogP contribution in [0.5, 0.6) is 0 Å². The monoisotopic (exact) mass is 183 g/mol. The molecule has 0 spiro atoms. The molecular weight excluding hydrogens is 177 g/mol. The zero-order valence-electron chi connectivity index (χ0n) is 5.24. The Morgan fingerprint density at radius 1 is 1.60 bits per heavy atom. The van der Waals surface area contributed by atoms with Crippen LogP contribution in [0.2, 0.25) is 0 Å². The third kappa shape index (κ3) is 2.43. The van der Waals surface area contributed by atoms with E-state index in [-0.39, 0.29) is 16.1 Å². The first-order valence-electron chi connectivity index (χ1n) is 2.28. The highest BCUT2D eigenvalue weighted by molar-refractivity contribution is 6.68. The summed E-state index contributed by atoms with van der Waals surface area (Å²) in [4.78, 5) is 0. The summed E-state index contributed by atoms with van der Waals surface area (Å²) in [6.07, 6.45) is 0. The SMILES string of the molecule is CO/C(C(=N)Cl)=C(\Cl)NN. The molecule has 0 atom stereocenters. The van der Waals surface area contributed by atoms with Gasteiger partial charge in [-0.2, -0.15) is 0 Å². The molecule has 0 fully saturated rings. The van der Waals surface area contributed by atoms with Crippen molar-refractivity contribution in [3.05, 3.63) is 10.9 Å². The summed E-state index contributed by atoms with van der Waals surface area (Å²) < 4.78 is 4.61. The van der Waals surface area contributed by atoms with Crippen LogP contribution in [0.25, 0.3) is 0 Å². The van der Waals surface area contributed by atoms with Crippen LogP contribution in [0.1, 0.15) is 0 Å². The standard InChI is InChI=1S/C4H7Cl2N3O/c1-10-2(3(5)7)4(6)9-8/h7,9H,8H2,1H3/b4-2+,7-3?. The Hall–Kier alpha value is -0.450. The predicted molar refractivity (Wildman–Crippen MR) is 40.8 cm³/mol. The van der Waals surface area contributed by atoms with E-state index >= 15 is 0 Å². The highest BCUT2D eigenvalue weighted by Gasteiger charge is 2.06. The van der Waals surface area contributed by atoms with E-state index in [2.05, 4.69) is 10.2 Å². The van der Waals surface area contributed by atoms with Crippen molar-refractivity contribution in [2.75, 3.05) is 7.11 Å². The van der Waals surface area contributed by atoms with Crippen LogP contribution < -0.4 is 11.3 Å². The smallest absolute Gasteiger partial charge is 0.191 e. The van der Waals surface area contributed by atoms with E-state index in [1.54, 1.807) is 0 Å². The molecule has 0 aromatic heterocycles. The quantitative estimate of drug-likeness (QED) is 0.199. The minimum Gasteiger partial charge on any atom is -0.491 e. The van der Waals surface area contributed by atoms with E-state index in [4.69, 9.17) is 34.5 Å². The van der Waals surface area contributed by atoms with Gasteiger partial charge in [-0.3, -0.25) is 5.41 Å². The first-order chi connectivity index (χ1) is 4.63. The van der Waals surface area contributed by atoms with Crippen molar-refractivity contribution in [1.29, 1.82) is 5.41 Å². The van der Waals surface area contributed by atoms with Crippen molar-refractivity contribution in [3.8, 4) is 0 Å². The lowest BCUT2D eigenvalue weighted by molar-refractivity contribution is 0.311. The molecule has 58 valence electrons. The number of ether oxygens (including phenoxy) is 1. The molecule has 0 rings (SSSR count). The molecule has 6 heteroatoms. The van der Waals surface area contributed by atoms with E-state index in [1.807, 2.05) is 0 Å². The molecular formula is C4H7Cl2N3O. The third-order valence-corrected chi connectivity index (χ3v) is 1.18. The molecule has 10 heavy (non-hydrogen) atoms. The Labute approximate surface area is 68.4 Å². The molecule has 0 aromatic rings. The Morgan fingerprint density at radius 2 is 2.10 bits per heavy atom. The van der Waals surface area contributed by atoms with Crippen LogP contribution in [0.3, 0.4) is 0 Å². The average Bonchev–Trinajstić information content (AvgIpc) is 1.88. The summed E-state index contributed by atoms with van der Waals surface area (Å²) in [5.41, 5.74) is 2.09. The van der Waals surface area contributed by atoms with Gasteiger partial charge in [0.1, 0.15) is 0 Å². The number of methoxy groups -OCH3 is 1. The Kier molecular flexibility index (Phi) is 4.18. The first-order valence-corrected chi connectivity index (χ1v) is 3.03. The molecule has 0 bridgehead atoms. The van der Waals surface area contributed by atoms with Crippen molar-refractivity contribution in [3.63, 3.8) is 0 Å². The summed E-state index contributed by atoms with van der Waals surface area (Å²) in [5.74, 6) is 4.93. The van der Waals surface area contributed by atoms with Crippen molar-refractivity contribution in [2.24, 2.45) is 5.84 Å². The number of hydrogen-bond donors (Lipinski definition) is 3. The van der Waals surface area contributed by atoms with Crippen molar-refractivity contribution in [1.82, 2.24) is 5.43 Å². The van der Waals surface area contributed by atoms with Crippen LogP contribution in [0.15, 0.2) is 10.9 Å². The van der Waals surface area contributed by atoms with Gasteiger partial charge in [-0.1, -0.05) is 23.2 Å². The zero-order chi connectivity index (χ0) is 8.15. The third-order valence-electron chi connectivity index (χ3n) is 0.730. The van der Waals surface area contributed by atoms with Crippen LogP contribution in [-0.4, -0.2) is 12.3 Å². The summed E-state index contributed by atoms with van der Waals surface area (Å²) in [6, 6.07) is 0. The fourth-order valence-electron chi connectivity index (χ4n) is 0.341. The molecule has 0 radical (unpaired) electrons. The fraction of sp³-hybridized carbons (Fsp3) is 0.250. The maximum atomic E-state index is 6.89. The summed E-state index contributed by atoms with van der Waals surface area (Å²) in [7, 11) is 1.34. The van der Waals surface area contributed by atoms with Gasteiger partial charge in [0.05, 0.1) is 7.11 Å². The number of nitrogens with one attached hydrogen (secondary N) is 2. The topological polar surface area (TPSA) is 71.1 Å². The lowest BCUT2D eigenvalue weighted by Crippen LogP contribution is -2.21. The van der Waals surface area contributed by atoms with Gasteiger partial charge in [-0.05, 0) is 0 Å². The van der Waals surface area contributed by atoms with Gasteiger partial charge >= 0.3 is 0 Å². The Bertz CT molecular complexity index is 168. The van der Waals surface area contributed by atoms with Crippen LogP contribution in [-0.2, 0) is 4.74 Å². The largest absolute Gasteiger partial charge is 0.491 e. The maximum Gasteiger partial charge on any atom is 0.191 e. The maximum absolute atomic E-state index is 6.89. The van der Waals surface area contributed by atoms with Crippen molar-refractivity contribution >= 4 is 28.4 Å². The van der Waals surface area contributed by atoms with Gasteiger partial charge in [0.25, 0.3) is 0 Å². The highest BCUT2D eigenvalue weighted by atomic mass is 35.5. The lowest BCUT2D eigenvalue weighted by Gasteiger charge is -2.04. The first kappa shape index (κ1) is 9.55. The molecule has 0 saturated heterocycles. The number of rotatable bonds is 3. The second kappa shape index (κ2) is 4.38. The van der Waals surface area contributed by atoms with Gasteiger partial charge in [0.15, 0.2) is 16.1 Å². The normalized spacial score (nSPS) is 12.0. The minimum atomic E-state index is -0.301. The fourth-order valence-corrected chi connectivity index (χ4v) is 0.733. The minimum absolute atomic E-state index is 0.00231.